The Balaban J connectivity index is 2.20. The zero-order chi connectivity index (χ0) is 18.4. The van der Waals surface area contributed by atoms with Crippen LogP contribution in [0.1, 0.15) is 11.1 Å². The van der Waals surface area contributed by atoms with Crippen LogP contribution >= 0.6 is 0 Å². The fourth-order valence-electron chi connectivity index (χ4n) is 2.38. The van der Waals surface area contributed by atoms with Gasteiger partial charge in [-0.2, -0.15) is 5.10 Å². The SMILES string of the molecule is COCC(N)C(=O)Nc1c(C)cnn1Cc1ccc(OC)c(OC)c1. The second kappa shape index (κ2) is 8.50. The van der Waals surface area contributed by atoms with Gasteiger partial charge in [0, 0.05) is 12.7 Å². The van der Waals surface area contributed by atoms with Gasteiger partial charge in [-0.3, -0.25) is 4.79 Å². The molecule has 0 radical (unpaired) electrons. The van der Waals surface area contributed by atoms with Gasteiger partial charge < -0.3 is 25.3 Å². The Morgan fingerprint density at radius 1 is 1.28 bits per heavy atom. The highest BCUT2D eigenvalue weighted by molar-refractivity contribution is 5.94. The van der Waals surface area contributed by atoms with Crippen LogP contribution in [0.3, 0.4) is 0 Å². The lowest BCUT2D eigenvalue weighted by Gasteiger charge is -2.14. The molecule has 1 aromatic carbocycles. The summed E-state index contributed by atoms with van der Waals surface area (Å²) in [5.74, 6) is 1.57. The van der Waals surface area contributed by atoms with E-state index in [1.54, 1.807) is 25.1 Å². The number of nitrogens with one attached hydrogen (secondary N) is 1. The van der Waals surface area contributed by atoms with E-state index in [4.69, 9.17) is 19.9 Å². The molecule has 3 N–H and O–H groups in total. The molecule has 0 fully saturated rings. The molecule has 0 saturated carbocycles. The Kier molecular flexibility index (Phi) is 6.37. The van der Waals surface area contributed by atoms with Crippen LogP contribution in [-0.2, 0) is 16.1 Å². The van der Waals surface area contributed by atoms with Crippen molar-refractivity contribution in [3.05, 3.63) is 35.5 Å². The molecule has 1 amide bonds. The van der Waals surface area contributed by atoms with E-state index < -0.39 is 6.04 Å². The summed E-state index contributed by atoms with van der Waals surface area (Å²) in [6.45, 7) is 2.48. The summed E-state index contributed by atoms with van der Waals surface area (Å²) in [4.78, 5) is 12.1. The number of aromatic nitrogens is 2. The zero-order valence-electron chi connectivity index (χ0n) is 14.9. The van der Waals surface area contributed by atoms with Gasteiger partial charge in [-0.25, -0.2) is 4.68 Å². The standard InChI is InChI=1S/C17H24N4O4/c1-11-8-19-21(16(11)20-17(22)13(18)10-23-2)9-12-5-6-14(24-3)15(7-12)25-4/h5-8,13H,9-10,18H2,1-4H3,(H,20,22). The third-order valence-corrected chi connectivity index (χ3v) is 3.73. The molecule has 8 heteroatoms. The number of nitrogens with zero attached hydrogens (tertiary/aromatic N) is 2. The number of amides is 1. The first-order valence-corrected chi connectivity index (χ1v) is 7.78. The van der Waals surface area contributed by atoms with Gasteiger partial charge in [0.15, 0.2) is 11.5 Å². The maximum Gasteiger partial charge on any atom is 0.244 e. The Morgan fingerprint density at radius 2 is 2.00 bits per heavy atom. The second-order valence-corrected chi connectivity index (χ2v) is 5.57. The normalized spacial score (nSPS) is 11.9. The highest BCUT2D eigenvalue weighted by atomic mass is 16.5. The lowest BCUT2D eigenvalue weighted by Crippen LogP contribution is -2.39. The van der Waals surface area contributed by atoms with Crippen LogP contribution in [0, 0.1) is 6.92 Å². The number of methoxy groups -OCH3 is 3. The predicted molar refractivity (Wildman–Crippen MR) is 94.1 cm³/mol. The number of carbonyl (C=O) groups excluding carboxylic acids is 1. The summed E-state index contributed by atoms with van der Waals surface area (Å²) in [6.07, 6.45) is 1.69. The van der Waals surface area contributed by atoms with Crippen molar-refractivity contribution in [2.75, 3.05) is 33.3 Å². The van der Waals surface area contributed by atoms with Crippen LogP contribution in [0.5, 0.6) is 11.5 Å². The van der Waals surface area contributed by atoms with E-state index in [1.807, 2.05) is 25.1 Å². The minimum absolute atomic E-state index is 0.148. The Bertz CT molecular complexity index is 729. The van der Waals surface area contributed by atoms with Crippen molar-refractivity contribution < 1.29 is 19.0 Å². The van der Waals surface area contributed by atoms with Crippen molar-refractivity contribution >= 4 is 11.7 Å². The average Bonchev–Trinajstić information content (AvgIpc) is 2.95. The first kappa shape index (κ1) is 18.8. The minimum atomic E-state index is -0.742. The van der Waals surface area contributed by atoms with E-state index in [9.17, 15) is 4.79 Å². The highest BCUT2D eigenvalue weighted by Crippen LogP contribution is 2.28. The molecule has 0 aliphatic rings. The van der Waals surface area contributed by atoms with Gasteiger partial charge in [-0.15, -0.1) is 0 Å². The Labute approximate surface area is 146 Å². The Morgan fingerprint density at radius 3 is 2.64 bits per heavy atom. The van der Waals surface area contributed by atoms with Crippen LogP contribution in [0.25, 0.3) is 0 Å². The van der Waals surface area contributed by atoms with Gasteiger partial charge in [-0.1, -0.05) is 6.07 Å². The smallest absolute Gasteiger partial charge is 0.244 e. The monoisotopic (exact) mass is 348 g/mol. The maximum atomic E-state index is 12.1. The fourth-order valence-corrected chi connectivity index (χ4v) is 2.38. The molecule has 1 heterocycles. The van der Waals surface area contributed by atoms with Gasteiger partial charge in [0.2, 0.25) is 5.91 Å². The van der Waals surface area contributed by atoms with Crippen molar-refractivity contribution in [1.29, 1.82) is 0 Å². The maximum absolute atomic E-state index is 12.1. The van der Waals surface area contributed by atoms with E-state index >= 15 is 0 Å². The van der Waals surface area contributed by atoms with Crippen molar-refractivity contribution in [2.24, 2.45) is 5.73 Å². The van der Waals surface area contributed by atoms with Crippen molar-refractivity contribution in [1.82, 2.24) is 9.78 Å². The zero-order valence-corrected chi connectivity index (χ0v) is 14.9. The predicted octanol–water partition coefficient (Wildman–Crippen LogP) is 1.17. The fraction of sp³-hybridized carbons (Fsp3) is 0.412. The molecular weight excluding hydrogens is 324 g/mol. The van der Waals surface area contributed by atoms with E-state index in [-0.39, 0.29) is 12.5 Å². The van der Waals surface area contributed by atoms with Gasteiger partial charge in [-0.05, 0) is 24.6 Å². The third-order valence-electron chi connectivity index (χ3n) is 3.73. The second-order valence-electron chi connectivity index (χ2n) is 5.57. The first-order chi connectivity index (χ1) is 12.0. The lowest BCUT2D eigenvalue weighted by molar-refractivity contribution is -0.118. The summed E-state index contributed by atoms with van der Waals surface area (Å²) in [5.41, 5.74) is 7.57. The van der Waals surface area contributed by atoms with E-state index in [0.717, 1.165) is 11.1 Å². The molecule has 0 aliphatic heterocycles. The van der Waals surface area contributed by atoms with Crippen LogP contribution in [0.15, 0.2) is 24.4 Å². The molecule has 2 rings (SSSR count). The molecule has 25 heavy (non-hydrogen) atoms. The van der Waals surface area contributed by atoms with Crippen molar-refractivity contribution in [3.8, 4) is 11.5 Å². The van der Waals surface area contributed by atoms with Gasteiger partial charge in [0.1, 0.15) is 11.9 Å². The van der Waals surface area contributed by atoms with Gasteiger partial charge in [0.05, 0.1) is 33.6 Å². The van der Waals surface area contributed by atoms with Crippen molar-refractivity contribution in [3.63, 3.8) is 0 Å². The largest absolute Gasteiger partial charge is 0.493 e. The molecule has 1 unspecified atom stereocenters. The number of ether oxygens (including phenoxy) is 3. The topological polar surface area (TPSA) is 101 Å². The van der Waals surface area contributed by atoms with Crippen LogP contribution in [0.2, 0.25) is 0 Å². The van der Waals surface area contributed by atoms with E-state index in [0.29, 0.717) is 23.9 Å². The van der Waals surface area contributed by atoms with Crippen LogP contribution in [0.4, 0.5) is 5.82 Å². The Hall–Kier alpha value is -2.58. The number of hydrogen-bond donors (Lipinski definition) is 2. The molecule has 8 nitrogen and oxygen atoms in total. The minimum Gasteiger partial charge on any atom is -0.493 e. The summed E-state index contributed by atoms with van der Waals surface area (Å²) in [6, 6.07) is 4.88. The van der Waals surface area contributed by atoms with Crippen LogP contribution < -0.4 is 20.5 Å². The highest BCUT2D eigenvalue weighted by Gasteiger charge is 2.17. The number of benzene rings is 1. The third kappa shape index (κ3) is 4.49. The van der Waals surface area contributed by atoms with Crippen molar-refractivity contribution in [2.45, 2.75) is 19.5 Å². The number of aryl methyl sites for hydroxylation is 1. The number of anilines is 1. The molecule has 1 atom stereocenters. The van der Waals surface area contributed by atoms with Crippen LogP contribution in [-0.4, -0.2) is 49.7 Å². The summed E-state index contributed by atoms with van der Waals surface area (Å²) in [7, 11) is 4.67. The average molecular weight is 348 g/mol. The quantitative estimate of drug-likeness (QED) is 0.743. The summed E-state index contributed by atoms with van der Waals surface area (Å²) < 4.78 is 17.2. The molecule has 0 bridgehead atoms. The first-order valence-electron chi connectivity index (χ1n) is 7.78. The lowest BCUT2D eigenvalue weighted by atomic mass is 10.2. The molecule has 2 aromatic rings. The van der Waals surface area contributed by atoms with E-state index in [2.05, 4.69) is 10.4 Å². The summed E-state index contributed by atoms with van der Waals surface area (Å²) >= 11 is 0. The molecule has 0 saturated heterocycles. The summed E-state index contributed by atoms with van der Waals surface area (Å²) in [5, 5.41) is 7.14. The molecule has 1 aromatic heterocycles. The van der Waals surface area contributed by atoms with Gasteiger partial charge >= 0.3 is 0 Å². The number of carbonyl (C=O) groups is 1. The molecular formula is C17H24N4O4. The number of rotatable bonds is 8. The molecule has 136 valence electrons. The number of hydrogen-bond acceptors (Lipinski definition) is 6. The number of nitrogens with two attached hydrogens (primary N) is 1. The molecule has 0 spiro atoms. The molecule has 0 aliphatic carbocycles. The van der Waals surface area contributed by atoms with E-state index in [1.165, 1.54) is 7.11 Å². The van der Waals surface area contributed by atoms with Gasteiger partial charge in [0.25, 0.3) is 0 Å².